The van der Waals surface area contributed by atoms with Crippen LogP contribution in [0.25, 0.3) is 0 Å². The Hall–Kier alpha value is -1.39. The molecule has 1 aliphatic carbocycles. The van der Waals surface area contributed by atoms with E-state index < -0.39 is 12.1 Å². The molecular weight excluding hydrogens is 148 g/mol. The Morgan fingerprint density at radius 2 is 1.82 bits per heavy atom. The van der Waals surface area contributed by atoms with Gasteiger partial charge in [-0.15, -0.1) is 0 Å². The van der Waals surface area contributed by atoms with Crippen molar-refractivity contribution >= 4 is 17.6 Å². The second-order valence-corrected chi connectivity index (χ2v) is 2.37. The third-order valence-electron chi connectivity index (χ3n) is 1.55. The van der Waals surface area contributed by atoms with Crippen molar-refractivity contribution in [2.75, 3.05) is 0 Å². The summed E-state index contributed by atoms with van der Waals surface area (Å²) in [6.07, 6.45) is 0.424. The van der Waals surface area contributed by atoms with Crippen LogP contribution in [-0.2, 0) is 9.59 Å². The fourth-order valence-corrected chi connectivity index (χ4v) is 1.02. The zero-order chi connectivity index (χ0) is 8.43. The summed E-state index contributed by atoms with van der Waals surface area (Å²) in [6, 6.07) is -1.81. The average molecular weight is 156 g/mol. The molecule has 0 spiro atoms. The lowest BCUT2D eigenvalue weighted by atomic mass is 10.2. The Balaban J connectivity index is 2.62. The van der Waals surface area contributed by atoms with Gasteiger partial charge in [-0.05, 0) is 0 Å². The first-order valence-electron chi connectivity index (χ1n) is 3.22. The van der Waals surface area contributed by atoms with Crippen molar-refractivity contribution in [2.45, 2.75) is 18.9 Å². The van der Waals surface area contributed by atoms with Crippen LogP contribution < -0.4 is 11.1 Å². The Morgan fingerprint density at radius 3 is 2.18 bits per heavy atom. The van der Waals surface area contributed by atoms with E-state index in [1.54, 1.807) is 0 Å². The van der Waals surface area contributed by atoms with Crippen molar-refractivity contribution in [1.29, 1.82) is 0 Å². The summed E-state index contributed by atoms with van der Waals surface area (Å²) in [4.78, 5) is 31.9. The molecule has 1 fully saturated rings. The van der Waals surface area contributed by atoms with Gasteiger partial charge in [-0.3, -0.25) is 9.59 Å². The van der Waals surface area contributed by atoms with E-state index in [1.807, 2.05) is 0 Å². The van der Waals surface area contributed by atoms with Crippen molar-refractivity contribution < 1.29 is 14.4 Å². The highest BCUT2D eigenvalue weighted by molar-refractivity contribution is 6.13. The monoisotopic (exact) mass is 156 g/mol. The molecule has 5 heteroatoms. The van der Waals surface area contributed by atoms with Crippen LogP contribution in [0.15, 0.2) is 0 Å². The number of carbonyl (C=O) groups is 3. The van der Waals surface area contributed by atoms with Gasteiger partial charge in [0.2, 0.25) is 0 Å². The van der Waals surface area contributed by atoms with Crippen LogP contribution in [0, 0.1) is 0 Å². The molecule has 0 heterocycles. The fraction of sp³-hybridized carbons (Fsp3) is 0.500. The molecule has 1 rings (SSSR count). The van der Waals surface area contributed by atoms with Crippen molar-refractivity contribution in [3.63, 3.8) is 0 Å². The SMILES string of the molecule is NC(=O)NC1C(=O)CCC1=O. The van der Waals surface area contributed by atoms with E-state index in [2.05, 4.69) is 5.32 Å². The summed E-state index contributed by atoms with van der Waals surface area (Å²) in [5, 5.41) is 2.08. The Morgan fingerprint density at radius 1 is 1.36 bits per heavy atom. The molecule has 1 saturated carbocycles. The number of hydrogen-bond donors (Lipinski definition) is 2. The van der Waals surface area contributed by atoms with Crippen LogP contribution in [0.2, 0.25) is 0 Å². The highest BCUT2D eigenvalue weighted by atomic mass is 16.2. The maximum absolute atomic E-state index is 10.8. The Kier molecular flexibility index (Phi) is 1.89. The van der Waals surface area contributed by atoms with Gasteiger partial charge in [-0.2, -0.15) is 0 Å². The van der Waals surface area contributed by atoms with Gasteiger partial charge in [0.25, 0.3) is 0 Å². The number of carbonyl (C=O) groups excluding carboxylic acids is 3. The van der Waals surface area contributed by atoms with Crippen LogP contribution in [-0.4, -0.2) is 23.6 Å². The molecule has 0 radical (unpaired) electrons. The van der Waals surface area contributed by atoms with Gasteiger partial charge in [0.15, 0.2) is 11.6 Å². The molecule has 0 atom stereocenters. The second-order valence-electron chi connectivity index (χ2n) is 2.37. The van der Waals surface area contributed by atoms with Gasteiger partial charge in [-0.1, -0.05) is 0 Å². The van der Waals surface area contributed by atoms with E-state index in [0.717, 1.165) is 0 Å². The molecule has 0 saturated heterocycles. The average Bonchev–Trinajstić information content (AvgIpc) is 2.18. The zero-order valence-corrected chi connectivity index (χ0v) is 5.79. The molecule has 0 aliphatic heterocycles. The lowest BCUT2D eigenvalue weighted by Gasteiger charge is -2.05. The smallest absolute Gasteiger partial charge is 0.313 e. The van der Waals surface area contributed by atoms with Gasteiger partial charge in [-0.25, -0.2) is 4.79 Å². The largest absolute Gasteiger partial charge is 0.352 e. The van der Waals surface area contributed by atoms with Crippen molar-refractivity contribution in [3.05, 3.63) is 0 Å². The van der Waals surface area contributed by atoms with E-state index in [-0.39, 0.29) is 24.4 Å². The topological polar surface area (TPSA) is 89.3 Å². The summed E-state index contributed by atoms with van der Waals surface area (Å²) >= 11 is 0. The Labute approximate surface area is 62.9 Å². The van der Waals surface area contributed by atoms with E-state index >= 15 is 0 Å². The number of nitrogens with one attached hydrogen (secondary N) is 1. The molecule has 0 bridgehead atoms. The molecule has 11 heavy (non-hydrogen) atoms. The molecular formula is C6H8N2O3. The summed E-state index contributed by atoms with van der Waals surface area (Å²) in [5.41, 5.74) is 4.74. The minimum atomic E-state index is -0.979. The number of primary amides is 1. The molecule has 3 N–H and O–H groups in total. The zero-order valence-electron chi connectivity index (χ0n) is 5.79. The van der Waals surface area contributed by atoms with Crippen LogP contribution >= 0.6 is 0 Å². The standard InChI is InChI=1S/C6H8N2O3/c7-6(11)8-5-3(9)1-2-4(5)10/h5H,1-2H2,(H3,7,8,11). The first kappa shape index (κ1) is 7.71. The van der Waals surface area contributed by atoms with Crippen molar-refractivity contribution in [3.8, 4) is 0 Å². The summed E-state index contributed by atoms with van der Waals surface area (Å²) < 4.78 is 0. The molecule has 0 aromatic heterocycles. The molecule has 2 amide bonds. The Bertz CT molecular complexity index is 208. The van der Waals surface area contributed by atoms with E-state index in [4.69, 9.17) is 5.73 Å². The van der Waals surface area contributed by atoms with Gasteiger partial charge in [0, 0.05) is 12.8 Å². The van der Waals surface area contributed by atoms with Crippen LogP contribution in [0.1, 0.15) is 12.8 Å². The van der Waals surface area contributed by atoms with E-state index in [1.165, 1.54) is 0 Å². The predicted molar refractivity (Wildman–Crippen MR) is 35.8 cm³/mol. The van der Waals surface area contributed by atoms with E-state index in [0.29, 0.717) is 0 Å². The minimum Gasteiger partial charge on any atom is -0.352 e. The lowest BCUT2D eigenvalue weighted by Crippen LogP contribution is -2.44. The summed E-state index contributed by atoms with van der Waals surface area (Å²) in [5.74, 6) is -0.511. The van der Waals surface area contributed by atoms with Crippen LogP contribution in [0.5, 0.6) is 0 Å². The number of amides is 2. The number of Topliss-reactive ketones (excluding diaryl/α,β-unsaturated/α-hetero) is 2. The van der Waals surface area contributed by atoms with Gasteiger partial charge in [0.1, 0.15) is 6.04 Å². The summed E-state index contributed by atoms with van der Waals surface area (Å²) in [7, 11) is 0. The number of ketones is 2. The molecule has 60 valence electrons. The lowest BCUT2D eigenvalue weighted by molar-refractivity contribution is -0.124. The highest BCUT2D eigenvalue weighted by Crippen LogP contribution is 2.09. The highest BCUT2D eigenvalue weighted by Gasteiger charge is 2.33. The van der Waals surface area contributed by atoms with Gasteiger partial charge >= 0.3 is 6.03 Å². The van der Waals surface area contributed by atoms with Crippen LogP contribution in [0.3, 0.4) is 0 Å². The molecule has 0 aromatic carbocycles. The van der Waals surface area contributed by atoms with Crippen molar-refractivity contribution in [1.82, 2.24) is 5.32 Å². The number of urea groups is 1. The first-order chi connectivity index (χ1) is 5.11. The number of rotatable bonds is 1. The quantitative estimate of drug-likeness (QED) is 0.475. The molecule has 5 nitrogen and oxygen atoms in total. The van der Waals surface area contributed by atoms with E-state index in [9.17, 15) is 14.4 Å². The predicted octanol–water partition coefficient (Wildman–Crippen LogP) is -1.04. The number of hydrogen-bond acceptors (Lipinski definition) is 3. The fourth-order valence-electron chi connectivity index (χ4n) is 1.02. The van der Waals surface area contributed by atoms with Crippen LogP contribution in [0.4, 0.5) is 4.79 Å². The van der Waals surface area contributed by atoms with Gasteiger partial charge in [0.05, 0.1) is 0 Å². The van der Waals surface area contributed by atoms with Crippen molar-refractivity contribution in [2.24, 2.45) is 5.73 Å². The molecule has 1 aliphatic rings. The molecule has 0 unspecified atom stereocenters. The maximum Gasteiger partial charge on any atom is 0.313 e. The minimum absolute atomic E-state index is 0.212. The third-order valence-corrected chi connectivity index (χ3v) is 1.55. The normalized spacial score (nSPS) is 18.9. The molecule has 0 aromatic rings. The summed E-state index contributed by atoms with van der Waals surface area (Å²) in [6.45, 7) is 0. The number of nitrogens with two attached hydrogens (primary N) is 1. The van der Waals surface area contributed by atoms with Gasteiger partial charge < -0.3 is 11.1 Å². The second kappa shape index (κ2) is 2.69. The maximum atomic E-state index is 10.8. The third kappa shape index (κ3) is 1.54. The first-order valence-corrected chi connectivity index (χ1v) is 3.22.